The molecule has 0 saturated carbocycles. The lowest BCUT2D eigenvalue weighted by molar-refractivity contribution is 0.0626. The molecule has 2 N–H and O–H groups in total. The SMILES string of the molecule is CCNC(C)C1CCCCN1CC(C)O. The predicted octanol–water partition coefficient (Wildman–Crippen LogP) is 1.22. The Hall–Kier alpha value is -0.120. The van der Waals surface area contributed by atoms with Crippen LogP contribution in [0.25, 0.3) is 0 Å². The van der Waals surface area contributed by atoms with E-state index in [0.29, 0.717) is 12.1 Å². The molecule has 0 amide bonds. The van der Waals surface area contributed by atoms with Crippen LogP contribution in [0.5, 0.6) is 0 Å². The minimum absolute atomic E-state index is 0.209. The number of aliphatic hydroxyl groups is 1. The lowest BCUT2D eigenvalue weighted by Gasteiger charge is -2.40. The molecule has 3 nitrogen and oxygen atoms in total. The van der Waals surface area contributed by atoms with Gasteiger partial charge in [-0.05, 0) is 39.8 Å². The number of hydrogen-bond donors (Lipinski definition) is 2. The van der Waals surface area contributed by atoms with Crippen molar-refractivity contribution in [3.8, 4) is 0 Å². The molecule has 1 saturated heterocycles. The summed E-state index contributed by atoms with van der Waals surface area (Å²) in [4.78, 5) is 2.45. The second-order valence-corrected chi connectivity index (χ2v) is 4.75. The average molecular weight is 214 g/mol. The van der Waals surface area contributed by atoms with Crippen molar-refractivity contribution in [1.82, 2.24) is 10.2 Å². The first kappa shape index (κ1) is 12.9. The van der Waals surface area contributed by atoms with E-state index in [1.807, 2.05) is 6.92 Å². The molecule has 1 rings (SSSR count). The number of β-amino-alcohol motifs (C(OH)–C–C–N with tert-alkyl or cyclic N) is 1. The van der Waals surface area contributed by atoms with E-state index >= 15 is 0 Å². The highest BCUT2D eigenvalue weighted by molar-refractivity contribution is 4.85. The van der Waals surface area contributed by atoms with Crippen LogP contribution < -0.4 is 5.32 Å². The van der Waals surface area contributed by atoms with Crippen LogP contribution in [-0.4, -0.2) is 47.8 Å². The Kier molecular flexibility index (Phi) is 5.58. The first-order chi connectivity index (χ1) is 7.15. The Morgan fingerprint density at radius 1 is 1.40 bits per heavy atom. The molecule has 3 heteroatoms. The molecule has 1 heterocycles. The molecule has 0 spiro atoms. The van der Waals surface area contributed by atoms with Crippen LogP contribution in [0.1, 0.15) is 40.0 Å². The highest BCUT2D eigenvalue weighted by Gasteiger charge is 2.27. The summed E-state index contributed by atoms with van der Waals surface area (Å²) in [5, 5.41) is 13.0. The van der Waals surface area contributed by atoms with E-state index in [1.165, 1.54) is 19.3 Å². The van der Waals surface area contributed by atoms with Crippen LogP contribution in [0.2, 0.25) is 0 Å². The molecule has 90 valence electrons. The van der Waals surface area contributed by atoms with Gasteiger partial charge in [-0.3, -0.25) is 4.90 Å². The normalized spacial score (nSPS) is 27.6. The maximum absolute atomic E-state index is 9.47. The zero-order chi connectivity index (χ0) is 11.3. The van der Waals surface area contributed by atoms with Gasteiger partial charge in [0.2, 0.25) is 0 Å². The summed E-state index contributed by atoms with van der Waals surface area (Å²) in [6.45, 7) is 9.28. The third kappa shape index (κ3) is 4.09. The summed E-state index contributed by atoms with van der Waals surface area (Å²) in [7, 11) is 0. The van der Waals surface area contributed by atoms with Crippen molar-refractivity contribution in [1.29, 1.82) is 0 Å². The van der Waals surface area contributed by atoms with Crippen molar-refractivity contribution in [3.63, 3.8) is 0 Å². The third-order valence-corrected chi connectivity index (χ3v) is 3.27. The van der Waals surface area contributed by atoms with Gasteiger partial charge in [-0.25, -0.2) is 0 Å². The number of piperidine rings is 1. The third-order valence-electron chi connectivity index (χ3n) is 3.27. The van der Waals surface area contributed by atoms with Crippen molar-refractivity contribution in [2.75, 3.05) is 19.6 Å². The van der Waals surface area contributed by atoms with E-state index in [2.05, 4.69) is 24.1 Å². The Balaban J connectivity index is 2.48. The molecule has 0 aromatic rings. The Bertz CT molecular complexity index is 173. The lowest BCUT2D eigenvalue weighted by Crippen LogP contribution is -2.52. The molecule has 1 aliphatic heterocycles. The quantitative estimate of drug-likeness (QED) is 0.722. The van der Waals surface area contributed by atoms with E-state index < -0.39 is 0 Å². The summed E-state index contributed by atoms with van der Waals surface area (Å²) in [6, 6.07) is 1.14. The number of nitrogens with zero attached hydrogens (tertiary/aromatic N) is 1. The van der Waals surface area contributed by atoms with E-state index in [1.54, 1.807) is 0 Å². The Labute approximate surface area is 93.9 Å². The van der Waals surface area contributed by atoms with Gasteiger partial charge in [0.05, 0.1) is 6.10 Å². The minimum atomic E-state index is -0.209. The van der Waals surface area contributed by atoms with Crippen LogP contribution in [0.3, 0.4) is 0 Å². The van der Waals surface area contributed by atoms with Crippen molar-refractivity contribution >= 4 is 0 Å². The fourth-order valence-corrected chi connectivity index (χ4v) is 2.61. The molecular weight excluding hydrogens is 188 g/mol. The molecule has 1 aliphatic rings. The van der Waals surface area contributed by atoms with E-state index in [4.69, 9.17) is 0 Å². The van der Waals surface area contributed by atoms with Gasteiger partial charge in [-0.15, -0.1) is 0 Å². The molecule has 3 unspecified atom stereocenters. The fraction of sp³-hybridized carbons (Fsp3) is 1.00. The van der Waals surface area contributed by atoms with Crippen molar-refractivity contribution < 1.29 is 5.11 Å². The Morgan fingerprint density at radius 2 is 2.13 bits per heavy atom. The summed E-state index contributed by atoms with van der Waals surface area (Å²) < 4.78 is 0. The predicted molar refractivity (Wildman–Crippen MR) is 64.0 cm³/mol. The van der Waals surface area contributed by atoms with Gasteiger partial charge in [0.25, 0.3) is 0 Å². The van der Waals surface area contributed by atoms with E-state index in [0.717, 1.165) is 19.6 Å². The smallest absolute Gasteiger partial charge is 0.0639 e. The highest BCUT2D eigenvalue weighted by atomic mass is 16.3. The molecular formula is C12H26N2O. The number of likely N-dealkylation sites (tertiary alicyclic amines) is 1. The van der Waals surface area contributed by atoms with Gasteiger partial charge in [0.15, 0.2) is 0 Å². The average Bonchev–Trinajstić information content (AvgIpc) is 2.18. The van der Waals surface area contributed by atoms with E-state index in [9.17, 15) is 5.11 Å². The van der Waals surface area contributed by atoms with Gasteiger partial charge in [0, 0.05) is 18.6 Å². The molecule has 0 aliphatic carbocycles. The van der Waals surface area contributed by atoms with Crippen LogP contribution in [0.4, 0.5) is 0 Å². The second-order valence-electron chi connectivity index (χ2n) is 4.75. The molecule has 0 bridgehead atoms. The molecule has 1 fully saturated rings. The van der Waals surface area contributed by atoms with Crippen molar-refractivity contribution in [3.05, 3.63) is 0 Å². The molecule has 3 atom stereocenters. The van der Waals surface area contributed by atoms with Gasteiger partial charge < -0.3 is 10.4 Å². The fourth-order valence-electron chi connectivity index (χ4n) is 2.61. The second kappa shape index (κ2) is 6.46. The number of rotatable bonds is 5. The first-order valence-corrected chi connectivity index (χ1v) is 6.30. The largest absolute Gasteiger partial charge is 0.392 e. The van der Waals surface area contributed by atoms with Gasteiger partial charge in [0.1, 0.15) is 0 Å². The molecule has 0 aromatic heterocycles. The summed E-state index contributed by atoms with van der Waals surface area (Å²) in [6.07, 6.45) is 3.67. The number of nitrogens with one attached hydrogen (secondary N) is 1. The zero-order valence-corrected chi connectivity index (χ0v) is 10.4. The van der Waals surface area contributed by atoms with Crippen LogP contribution in [-0.2, 0) is 0 Å². The maximum Gasteiger partial charge on any atom is 0.0639 e. The summed E-state index contributed by atoms with van der Waals surface area (Å²) in [5.74, 6) is 0. The molecule has 15 heavy (non-hydrogen) atoms. The molecule has 0 aromatic carbocycles. The Morgan fingerprint density at radius 3 is 2.73 bits per heavy atom. The van der Waals surface area contributed by atoms with Crippen molar-refractivity contribution in [2.24, 2.45) is 0 Å². The maximum atomic E-state index is 9.47. The molecule has 0 radical (unpaired) electrons. The topological polar surface area (TPSA) is 35.5 Å². The van der Waals surface area contributed by atoms with E-state index in [-0.39, 0.29) is 6.10 Å². The lowest BCUT2D eigenvalue weighted by atomic mass is 9.96. The van der Waals surface area contributed by atoms with Crippen LogP contribution in [0, 0.1) is 0 Å². The minimum Gasteiger partial charge on any atom is -0.392 e. The highest BCUT2D eigenvalue weighted by Crippen LogP contribution is 2.19. The van der Waals surface area contributed by atoms with Crippen LogP contribution in [0.15, 0.2) is 0 Å². The first-order valence-electron chi connectivity index (χ1n) is 6.30. The number of hydrogen-bond acceptors (Lipinski definition) is 3. The zero-order valence-electron chi connectivity index (χ0n) is 10.4. The summed E-state index contributed by atoms with van der Waals surface area (Å²) in [5.41, 5.74) is 0. The standard InChI is InChI=1S/C12H26N2O/c1-4-13-11(3)12-7-5-6-8-14(12)9-10(2)15/h10-13,15H,4-9H2,1-3H3. The monoisotopic (exact) mass is 214 g/mol. The number of aliphatic hydroxyl groups excluding tert-OH is 1. The van der Waals surface area contributed by atoms with Gasteiger partial charge >= 0.3 is 0 Å². The van der Waals surface area contributed by atoms with Gasteiger partial charge in [-0.1, -0.05) is 13.3 Å². The van der Waals surface area contributed by atoms with Crippen molar-refractivity contribution in [2.45, 2.75) is 58.2 Å². The van der Waals surface area contributed by atoms with Gasteiger partial charge in [-0.2, -0.15) is 0 Å². The van der Waals surface area contributed by atoms with Crippen LogP contribution >= 0.6 is 0 Å². The summed E-state index contributed by atoms with van der Waals surface area (Å²) >= 11 is 0. The number of likely N-dealkylation sites (N-methyl/N-ethyl adjacent to an activating group) is 1.